The molecule has 1 atom stereocenters. The Morgan fingerprint density at radius 1 is 1.08 bits per heavy atom. The second-order valence-corrected chi connectivity index (χ2v) is 11.3. The van der Waals surface area contributed by atoms with Crippen LogP contribution >= 0.6 is 34.8 Å². The van der Waals surface area contributed by atoms with E-state index in [1.807, 2.05) is 6.92 Å². The zero-order chi connectivity index (χ0) is 27.0. The first-order valence-electron chi connectivity index (χ1n) is 11.2. The smallest absolute Gasteiger partial charge is 0.244 e. The highest BCUT2D eigenvalue weighted by atomic mass is 35.5. The molecule has 8 nitrogen and oxygen atoms in total. The number of methoxy groups -OCH3 is 1. The second kappa shape index (κ2) is 13.4. The average molecular weight is 579 g/mol. The number of carbonyl (C=O) groups excluding carboxylic acids is 2. The highest BCUT2D eigenvalue weighted by Gasteiger charge is 2.30. The summed E-state index contributed by atoms with van der Waals surface area (Å²) < 4.78 is 31.4. The van der Waals surface area contributed by atoms with Crippen LogP contribution in [0.4, 0.5) is 5.69 Å². The maximum absolute atomic E-state index is 13.6. The molecule has 198 valence electrons. The van der Waals surface area contributed by atoms with Crippen LogP contribution in [0.3, 0.4) is 0 Å². The molecular formula is C24H30Cl3N3O5S. The van der Waals surface area contributed by atoms with Crippen LogP contribution in [0.25, 0.3) is 0 Å². The third-order valence-corrected chi connectivity index (χ3v) is 7.48. The van der Waals surface area contributed by atoms with Crippen molar-refractivity contribution in [2.45, 2.75) is 39.3 Å². The lowest BCUT2D eigenvalue weighted by atomic mass is 10.1. The predicted molar refractivity (Wildman–Crippen MR) is 145 cm³/mol. The van der Waals surface area contributed by atoms with Gasteiger partial charge in [0.2, 0.25) is 21.8 Å². The minimum atomic E-state index is -3.89. The molecule has 0 aliphatic heterocycles. The molecule has 0 aromatic heterocycles. The Bertz CT molecular complexity index is 1190. The monoisotopic (exact) mass is 577 g/mol. The number of rotatable bonds is 12. The number of amides is 2. The van der Waals surface area contributed by atoms with Crippen LogP contribution in [0.15, 0.2) is 36.4 Å². The second-order valence-electron chi connectivity index (χ2n) is 8.17. The molecule has 1 N–H and O–H groups in total. The van der Waals surface area contributed by atoms with E-state index in [0.717, 1.165) is 23.4 Å². The van der Waals surface area contributed by atoms with Crippen molar-refractivity contribution in [3.63, 3.8) is 0 Å². The van der Waals surface area contributed by atoms with E-state index >= 15 is 0 Å². The Balaban J connectivity index is 2.41. The SMILES string of the molecule is CCCCNC(=O)[C@H](C)N(Cc1ccc(Cl)cc1Cl)C(=O)CN(c1ccc(OC)c(Cl)c1)S(C)(=O)=O. The third-order valence-electron chi connectivity index (χ3n) is 5.46. The van der Waals surface area contributed by atoms with Crippen molar-refractivity contribution < 1.29 is 22.7 Å². The minimum absolute atomic E-state index is 0.0296. The molecule has 12 heteroatoms. The van der Waals surface area contributed by atoms with Gasteiger partial charge in [0.25, 0.3) is 0 Å². The van der Waals surface area contributed by atoms with Crippen molar-refractivity contribution in [1.82, 2.24) is 10.2 Å². The number of hydrogen-bond donors (Lipinski definition) is 1. The van der Waals surface area contributed by atoms with Crippen molar-refractivity contribution >= 4 is 62.3 Å². The number of carbonyl (C=O) groups is 2. The molecule has 0 spiro atoms. The van der Waals surface area contributed by atoms with E-state index in [0.29, 0.717) is 27.9 Å². The van der Waals surface area contributed by atoms with Crippen LogP contribution in [0.1, 0.15) is 32.3 Å². The molecule has 36 heavy (non-hydrogen) atoms. The van der Waals surface area contributed by atoms with E-state index < -0.39 is 28.5 Å². The molecule has 0 radical (unpaired) electrons. The summed E-state index contributed by atoms with van der Waals surface area (Å²) in [5.41, 5.74) is 0.738. The molecule has 0 saturated carbocycles. The van der Waals surface area contributed by atoms with Gasteiger partial charge in [-0.3, -0.25) is 13.9 Å². The summed E-state index contributed by atoms with van der Waals surface area (Å²) >= 11 is 18.5. The van der Waals surface area contributed by atoms with Gasteiger partial charge in [-0.2, -0.15) is 0 Å². The van der Waals surface area contributed by atoms with E-state index in [9.17, 15) is 18.0 Å². The Kier molecular flexibility index (Phi) is 11.2. The van der Waals surface area contributed by atoms with Gasteiger partial charge < -0.3 is 15.0 Å². The number of halogens is 3. The molecule has 0 bridgehead atoms. The van der Waals surface area contributed by atoms with Crippen LogP contribution in [0, 0.1) is 0 Å². The predicted octanol–water partition coefficient (Wildman–Crippen LogP) is 4.76. The van der Waals surface area contributed by atoms with Gasteiger partial charge in [-0.1, -0.05) is 54.2 Å². The van der Waals surface area contributed by atoms with Gasteiger partial charge in [0.15, 0.2) is 0 Å². The maximum Gasteiger partial charge on any atom is 0.244 e. The normalized spacial score (nSPS) is 12.1. The minimum Gasteiger partial charge on any atom is -0.495 e. The van der Waals surface area contributed by atoms with E-state index in [4.69, 9.17) is 39.5 Å². The number of benzene rings is 2. The molecule has 2 aromatic rings. The van der Waals surface area contributed by atoms with Crippen LogP contribution in [-0.2, 0) is 26.2 Å². The summed E-state index contributed by atoms with van der Waals surface area (Å²) in [7, 11) is -2.45. The van der Waals surface area contributed by atoms with Gasteiger partial charge in [0.1, 0.15) is 18.3 Å². The summed E-state index contributed by atoms with van der Waals surface area (Å²) in [6, 6.07) is 8.31. The van der Waals surface area contributed by atoms with Crippen molar-refractivity contribution in [3.05, 3.63) is 57.0 Å². The average Bonchev–Trinajstić information content (AvgIpc) is 2.80. The highest BCUT2D eigenvalue weighted by Crippen LogP contribution is 2.30. The lowest BCUT2D eigenvalue weighted by Crippen LogP contribution is -2.51. The zero-order valence-corrected chi connectivity index (χ0v) is 23.6. The number of anilines is 1. The molecule has 2 rings (SSSR count). The van der Waals surface area contributed by atoms with Gasteiger partial charge >= 0.3 is 0 Å². The molecule has 2 aromatic carbocycles. The molecular weight excluding hydrogens is 549 g/mol. The summed E-state index contributed by atoms with van der Waals surface area (Å²) in [4.78, 5) is 27.7. The van der Waals surface area contributed by atoms with Crippen LogP contribution in [0.5, 0.6) is 5.75 Å². The topological polar surface area (TPSA) is 96.0 Å². The molecule has 0 aliphatic rings. The Morgan fingerprint density at radius 2 is 1.78 bits per heavy atom. The number of nitrogens with zero attached hydrogens (tertiary/aromatic N) is 2. The summed E-state index contributed by atoms with van der Waals surface area (Å²) in [6.45, 7) is 3.46. The quantitative estimate of drug-likeness (QED) is 0.367. The fraction of sp³-hybridized carbons (Fsp3) is 0.417. The molecule has 0 unspecified atom stereocenters. The first kappa shape index (κ1) is 30.0. The number of ether oxygens (including phenoxy) is 1. The van der Waals surface area contributed by atoms with Gasteiger partial charge in [0, 0.05) is 23.1 Å². The Labute approximate surface area is 227 Å². The molecule has 0 heterocycles. The van der Waals surface area contributed by atoms with E-state index in [1.54, 1.807) is 19.1 Å². The number of nitrogens with one attached hydrogen (secondary N) is 1. The fourth-order valence-electron chi connectivity index (χ4n) is 3.38. The van der Waals surface area contributed by atoms with Crippen molar-refractivity contribution in [2.75, 3.05) is 30.8 Å². The zero-order valence-electron chi connectivity index (χ0n) is 20.6. The summed E-state index contributed by atoms with van der Waals surface area (Å²) in [6.07, 6.45) is 2.67. The first-order chi connectivity index (χ1) is 16.9. The number of unbranched alkanes of at least 4 members (excludes halogenated alkanes) is 1. The van der Waals surface area contributed by atoms with E-state index in [2.05, 4.69) is 5.32 Å². The van der Waals surface area contributed by atoms with Crippen molar-refractivity contribution in [2.24, 2.45) is 0 Å². The van der Waals surface area contributed by atoms with Crippen molar-refractivity contribution in [3.8, 4) is 5.75 Å². The molecule has 0 aliphatic carbocycles. The molecule has 0 saturated heterocycles. The van der Waals surface area contributed by atoms with Crippen molar-refractivity contribution in [1.29, 1.82) is 0 Å². The van der Waals surface area contributed by atoms with Crippen LogP contribution in [-0.4, -0.2) is 57.6 Å². The van der Waals surface area contributed by atoms with Gasteiger partial charge in [-0.15, -0.1) is 0 Å². The Hall–Kier alpha value is -2.20. The standard InChI is InChI=1S/C24H30Cl3N3O5S/c1-5-6-11-28-24(32)16(2)29(14-17-7-8-18(25)12-20(17)26)23(31)15-30(36(4,33)34)19-9-10-22(35-3)21(27)13-19/h7-10,12-13,16H,5-6,11,14-15H2,1-4H3,(H,28,32)/t16-/m0/s1. The number of hydrogen-bond acceptors (Lipinski definition) is 5. The molecule has 0 fully saturated rings. The first-order valence-corrected chi connectivity index (χ1v) is 14.2. The van der Waals surface area contributed by atoms with Gasteiger partial charge in [-0.05, 0) is 49.2 Å². The van der Waals surface area contributed by atoms with Crippen LogP contribution < -0.4 is 14.4 Å². The third kappa shape index (κ3) is 8.16. The summed E-state index contributed by atoms with van der Waals surface area (Å²) in [5, 5.41) is 3.74. The Morgan fingerprint density at radius 3 is 2.33 bits per heavy atom. The maximum atomic E-state index is 13.6. The van der Waals surface area contributed by atoms with Gasteiger partial charge in [-0.25, -0.2) is 8.42 Å². The lowest BCUT2D eigenvalue weighted by molar-refractivity contribution is -0.139. The lowest BCUT2D eigenvalue weighted by Gasteiger charge is -2.31. The summed E-state index contributed by atoms with van der Waals surface area (Å²) in [5.74, 6) is -0.603. The number of sulfonamides is 1. The van der Waals surface area contributed by atoms with Crippen LogP contribution in [0.2, 0.25) is 15.1 Å². The van der Waals surface area contributed by atoms with E-state index in [1.165, 1.54) is 36.3 Å². The molecule has 2 amide bonds. The highest BCUT2D eigenvalue weighted by molar-refractivity contribution is 7.92. The van der Waals surface area contributed by atoms with Gasteiger partial charge in [0.05, 0.1) is 24.1 Å². The van der Waals surface area contributed by atoms with E-state index in [-0.39, 0.29) is 23.2 Å². The fourth-order valence-corrected chi connectivity index (χ4v) is 4.94. The largest absolute Gasteiger partial charge is 0.495 e.